The zero-order valence-electron chi connectivity index (χ0n) is 11.4. The Morgan fingerprint density at radius 1 is 0.800 bits per heavy atom. The van der Waals surface area contributed by atoms with Crippen molar-refractivity contribution in [2.75, 3.05) is 0 Å². The van der Waals surface area contributed by atoms with Crippen LogP contribution in [-0.4, -0.2) is 6.10 Å². The lowest BCUT2D eigenvalue weighted by atomic mass is 10.3. The molecule has 1 aliphatic carbocycles. The Hall–Kier alpha value is -1.37. The van der Waals surface area contributed by atoms with Gasteiger partial charge in [0.25, 0.3) is 7.37 Å². The largest absolute Gasteiger partial charge is 0.319 e. The number of hydrogen-bond acceptors (Lipinski definition) is 2. The average Bonchev–Trinajstić information content (AvgIpc) is 3.02. The van der Waals surface area contributed by atoms with Crippen molar-refractivity contribution in [3.05, 3.63) is 60.7 Å². The second-order valence-corrected chi connectivity index (χ2v) is 7.58. The minimum Gasteiger partial charge on any atom is -0.319 e. The van der Waals surface area contributed by atoms with E-state index >= 15 is 0 Å². The van der Waals surface area contributed by atoms with Crippen molar-refractivity contribution in [2.45, 2.75) is 31.8 Å². The van der Waals surface area contributed by atoms with Crippen molar-refractivity contribution >= 4 is 18.0 Å². The first-order chi connectivity index (χ1) is 9.79. The van der Waals surface area contributed by atoms with Crippen LogP contribution < -0.4 is 10.6 Å². The summed E-state index contributed by atoms with van der Waals surface area (Å²) in [7, 11) is -2.97. The van der Waals surface area contributed by atoms with E-state index in [4.69, 9.17) is 4.52 Å². The molecule has 0 amide bonds. The first kappa shape index (κ1) is 13.6. The molecule has 0 atom stereocenters. The fourth-order valence-electron chi connectivity index (χ4n) is 2.72. The standard InChI is InChI=1S/C17H19O2P/c18-20(16-11-3-1-4-12-16,17-13-5-2-6-14-17)19-15-9-7-8-10-15/h1-6,11-15H,7-10H2. The lowest BCUT2D eigenvalue weighted by Crippen LogP contribution is -2.21. The molecule has 0 aromatic heterocycles. The molecule has 3 rings (SSSR count). The zero-order chi connectivity index (χ0) is 13.8. The van der Waals surface area contributed by atoms with Crippen LogP contribution in [0.5, 0.6) is 0 Å². The molecule has 3 heteroatoms. The zero-order valence-corrected chi connectivity index (χ0v) is 12.3. The van der Waals surface area contributed by atoms with E-state index in [-0.39, 0.29) is 6.10 Å². The Labute approximate surface area is 120 Å². The Bertz CT molecular complexity index is 545. The minimum atomic E-state index is -2.97. The molecule has 0 radical (unpaired) electrons. The van der Waals surface area contributed by atoms with Gasteiger partial charge in [-0.15, -0.1) is 0 Å². The highest BCUT2D eigenvalue weighted by Gasteiger charge is 2.32. The number of hydrogen-bond donors (Lipinski definition) is 0. The second kappa shape index (κ2) is 5.95. The molecule has 104 valence electrons. The lowest BCUT2D eigenvalue weighted by molar-refractivity contribution is 0.221. The summed E-state index contributed by atoms with van der Waals surface area (Å²) in [5.41, 5.74) is 0. The molecule has 2 nitrogen and oxygen atoms in total. The van der Waals surface area contributed by atoms with Gasteiger partial charge in [0.15, 0.2) is 0 Å². The van der Waals surface area contributed by atoms with Gasteiger partial charge in [0, 0.05) is 10.6 Å². The molecule has 0 spiro atoms. The normalized spacial score (nSPS) is 16.4. The third-order valence-electron chi connectivity index (χ3n) is 3.79. The van der Waals surface area contributed by atoms with E-state index in [2.05, 4.69) is 0 Å². The van der Waals surface area contributed by atoms with Gasteiger partial charge in [-0.1, -0.05) is 49.2 Å². The molecule has 2 aromatic carbocycles. The molecule has 1 fully saturated rings. The van der Waals surface area contributed by atoms with Crippen LogP contribution in [0.3, 0.4) is 0 Å². The highest BCUT2D eigenvalue weighted by Crippen LogP contribution is 2.48. The van der Waals surface area contributed by atoms with Crippen molar-refractivity contribution in [1.82, 2.24) is 0 Å². The third kappa shape index (κ3) is 2.72. The molecular formula is C17H19O2P. The van der Waals surface area contributed by atoms with Crippen LogP contribution in [0.25, 0.3) is 0 Å². The van der Waals surface area contributed by atoms with E-state index in [1.54, 1.807) is 0 Å². The third-order valence-corrected chi connectivity index (χ3v) is 6.34. The van der Waals surface area contributed by atoms with Gasteiger partial charge < -0.3 is 4.52 Å². The Morgan fingerprint density at radius 3 is 1.70 bits per heavy atom. The van der Waals surface area contributed by atoms with Gasteiger partial charge in [-0.05, 0) is 37.1 Å². The molecule has 0 heterocycles. The first-order valence-corrected chi connectivity index (χ1v) is 8.81. The molecular weight excluding hydrogens is 267 g/mol. The van der Waals surface area contributed by atoms with Crippen molar-refractivity contribution in [3.8, 4) is 0 Å². The number of rotatable bonds is 4. The van der Waals surface area contributed by atoms with E-state index in [1.807, 2.05) is 60.7 Å². The fraction of sp³-hybridized carbons (Fsp3) is 0.294. The summed E-state index contributed by atoms with van der Waals surface area (Å²) in [6.45, 7) is 0. The van der Waals surface area contributed by atoms with Crippen molar-refractivity contribution < 1.29 is 9.09 Å². The summed E-state index contributed by atoms with van der Waals surface area (Å²) < 4.78 is 19.7. The SMILES string of the molecule is O=P(OC1CCCC1)(c1ccccc1)c1ccccc1. The van der Waals surface area contributed by atoms with E-state index < -0.39 is 7.37 Å². The summed E-state index contributed by atoms with van der Waals surface area (Å²) in [5, 5.41) is 1.58. The van der Waals surface area contributed by atoms with Crippen molar-refractivity contribution in [3.63, 3.8) is 0 Å². The number of benzene rings is 2. The maximum absolute atomic E-state index is 13.6. The van der Waals surface area contributed by atoms with Crippen LogP contribution in [0, 0.1) is 0 Å². The van der Waals surface area contributed by atoms with Gasteiger partial charge in [-0.25, -0.2) is 0 Å². The Kier molecular flexibility index (Phi) is 4.05. The predicted molar refractivity (Wildman–Crippen MR) is 83.1 cm³/mol. The lowest BCUT2D eigenvalue weighted by Gasteiger charge is -2.23. The molecule has 2 aromatic rings. The van der Waals surface area contributed by atoms with Crippen LogP contribution >= 0.6 is 7.37 Å². The predicted octanol–water partition coefficient (Wildman–Crippen LogP) is 3.87. The molecule has 1 aliphatic rings. The van der Waals surface area contributed by atoms with E-state index in [0.29, 0.717) is 0 Å². The van der Waals surface area contributed by atoms with Crippen LogP contribution in [0.2, 0.25) is 0 Å². The second-order valence-electron chi connectivity index (χ2n) is 5.23. The molecule has 0 N–H and O–H groups in total. The Balaban J connectivity index is 2.00. The van der Waals surface area contributed by atoms with Crippen LogP contribution in [-0.2, 0) is 9.09 Å². The molecule has 0 aliphatic heterocycles. The van der Waals surface area contributed by atoms with E-state index in [9.17, 15) is 4.57 Å². The highest BCUT2D eigenvalue weighted by molar-refractivity contribution is 7.74. The van der Waals surface area contributed by atoms with Crippen LogP contribution in [0.1, 0.15) is 25.7 Å². The molecule has 20 heavy (non-hydrogen) atoms. The maximum Gasteiger partial charge on any atom is 0.261 e. The van der Waals surface area contributed by atoms with Gasteiger partial charge in [-0.2, -0.15) is 0 Å². The average molecular weight is 286 g/mol. The van der Waals surface area contributed by atoms with Gasteiger partial charge in [0.05, 0.1) is 6.10 Å². The van der Waals surface area contributed by atoms with Gasteiger partial charge in [-0.3, -0.25) is 4.57 Å². The smallest absolute Gasteiger partial charge is 0.261 e. The van der Waals surface area contributed by atoms with Crippen LogP contribution in [0.15, 0.2) is 60.7 Å². The summed E-state index contributed by atoms with van der Waals surface area (Å²) in [5.74, 6) is 0. The van der Waals surface area contributed by atoms with E-state index in [0.717, 1.165) is 23.5 Å². The Morgan fingerprint density at radius 2 is 1.25 bits per heavy atom. The summed E-state index contributed by atoms with van der Waals surface area (Å²) in [6.07, 6.45) is 4.51. The quantitative estimate of drug-likeness (QED) is 0.797. The van der Waals surface area contributed by atoms with Crippen molar-refractivity contribution in [1.29, 1.82) is 0 Å². The highest BCUT2D eigenvalue weighted by atomic mass is 31.2. The molecule has 1 saturated carbocycles. The summed E-state index contributed by atoms with van der Waals surface area (Å²) >= 11 is 0. The topological polar surface area (TPSA) is 26.3 Å². The fourth-order valence-corrected chi connectivity index (χ4v) is 5.02. The molecule has 0 unspecified atom stereocenters. The monoisotopic (exact) mass is 286 g/mol. The van der Waals surface area contributed by atoms with Crippen LogP contribution in [0.4, 0.5) is 0 Å². The summed E-state index contributed by atoms with van der Waals surface area (Å²) in [6, 6.07) is 19.2. The first-order valence-electron chi connectivity index (χ1n) is 7.19. The van der Waals surface area contributed by atoms with Gasteiger partial charge >= 0.3 is 0 Å². The summed E-state index contributed by atoms with van der Waals surface area (Å²) in [4.78, 5) is 0. The maximum atomic E-state index is 13.6. The van der Waals surface area contributed by atoms with Gasteiger partial charge in [0.2, 0.25) is 0 Å². The minimum absolute atomic E-state index is 0.126. The molecule has 0 saturated heterocycles. The van der Waals surface area contributed by atoms with E-state index in [1.165, 1.54) is 12.8 Å². The van der Waals surface area contributed by atoms with Gasteiger partial charge in [0.1, 0.15) is 0 Å². The molecule has 0 bridgehead atoms. The van der Waals surface area contributed by atoms with Crippen molar-refractivity contribution in [2.24, 2.45) is 0 Å².